The zero-order valence-electron chi connectivity index (χ0n) is 29.2. The smallest absolute Gasteiger partial charge is 0.872 e. The first-order valence-corrected chi connectivity index (χ1v) is 16.2. The van der Waals surface area contributed by atoms with Crippen LogP contribution in [0.4, 0.5) is 0 Å². The molecule has 0 atom stereocenters. The number of rotatable bonds is 6. The predicted octanol–water partition coefficient (Wildman–Crippen LogP) is -2.92. The molecule has 48 heavy (non-hydrogen) atoms. The minimum Gasteiger partial charge on any atom is -0.872 e. The number of hydrogen-bond acceptors (Lipinski definition) is 6. The largest absolute Gasteiger partial charge is 1.00 e. The molecule has 240 valence electrons. The maximum Gasteiger partial charge on any atom is 1.00 e. The molecule has 9 heteroatoms. The van der Waals surface area contributed by atoms with E-state index in [1.165, 1.54) is 38.5 Å². The van der Waals surface area contributed by atoms with Gasteiger partial charge in [-0.05, 0) is 91.2 Å². The molecule has 3 saturated heterocycles. The fourth-order valence-electron chi connectivity index (χ4n) is 5.35. The summed E-state index contributed by atoms with van der Waals surface area (Å²) in [6, 6.07) is 27.2. The minimum atomic E-state index is 0. The van der Waals surface area contributed by atoms with Crippen molar-refractivity contribution >= 4 is 0 Å². The average molecular weight is 631 g/mol. The van der Waals surface area contributed by atoms with Gasteiger partial charge in [0, 0.05) is 39.6 Å². The molecule has 0 saturated carbocycles. The predicted molar refractivity (Wildman–Crippen MR) is 173 cm³/mol. The van der Waals surface area contributed by atoms with Crippen LogP contribution in [0.5, 0.6) is 17.2 Å². The van der Waals surface area contributed by atoms with Crippen molar-refractivity contribution in [2.24, 2.45) is 0 Å². The molecule has 0 aromatic heterocycles. The Morgan fingerprint density at radius 1 is 0.354 bits per heavy atom. The molecule has 0 radical (unpaired) electrons. The van der Waals surface area contributed by atoms with E-state index in [1.807, 2.05) is 18.2 Å². The van der Waals surface area contributed by atoms with Gasteiger partial charge in [-0.25, -0.2) is 0 Å². The van der Waals surface area contributed by atoms with Crippen molar-refractivity contribution in [2.75, 3.05) is 39.6 Å². The van der Waals surface area contributed by atoms with Crippen LogP contribution >= 0.6 is 0 Å². The molecule has 3 fully saturated rings. The van der Waals surface area contributed by atoms with Crippen LogP contribution in [0.2, 0.25) is 0 Å². The van der Waals surface area contributed by atoms with E-state index in [4.69, 9.17) is 14.2 Å². The van der Waals surface area contributed by atoms with Crippen molar-refractivity contribution in [3.05, 3.63) is 124 Å². The van der Waals surface area contributed by atoms with Gasteiger partial charge in [-0.3, -0.25) is 0 Å². The standard InChI is InChI=1S/C27H24O3.3C4H8O.3Li/c28-25-7-1-4-19(16-25)10-22-13-23(11-20-5-2-8-26(29)17-20)15-24(14-22)12-21-6-3-9-27(30)18-21;3*1-2-4-5-3-1;;;/h1-9,13-18,28-30H,10-12H2;3*1-4H2;;;/q;;;;3*+1/p-3. The number of ether oxygens (including phenoxy) is 3. The third kappa shape index (κ3) is 18.1. The summed E-state index contributed by atoms with van der Waals surface area (Å²) in [6.07, 6.45) is 9.63. The third-order valence-corrected chi connectivity index (χ3v) is 7.51. The second-order valence-electron chi connectivity index (χ2n) is 11.6. The Morgan fingerprint density at radius 3 is 0.792 bits per heavy atom. The summed E-state index contributed by atoms with van der Waals surface area (Å²) in [7, 11) is 0. The Bertz CT molecular complexity index is 1220. The maximum absolute atomic E-state index is 11.7. The molecule has 0 bridgehead atoms. The zero-order valence-corrected chi connectivity index (χ0v) is 29.2. The van der Waals surface area contributed by atoms with Gasteiger partial charge in [-0.2, -0.15) is 0 Å². The molecule has 4 aromatic carbocycles. The van der Waals surface area contributed by atoms with E-state index in [0.29, 0.717) is 19.3 Å². The van der Waals surface area contributed by atoms with Crippen LogP contribution < -0.4 is 71.9 Å². The van der Waals surface area contributed by atoms with Crippen molar-refractivity contribution < 1.29 is 86.1 Å². The van der Waals surface area contributed by atoms with Crippen LogP contribution in [0.15, 0.2) is 91.0 Å². The zero-order chi connectivity index (χ0) is 31.5. The normalized spacial score (nSPS) is 14.2. The second kappa shape index (κ2) is 25.9. The summed E-state index contributed by atoms with van der Waals surface area (Å²) in [4.78, 5) is 0. The Kier molecular flexibility index (Phi) is 23.7. The Morgan fingerprint density at radius 2 is 0.604 bits per heavy atom. The van der Waals surface area contributed by atoms with E-state index in [0.717, 1.165) is 73.0 Å². The molecule has 0 aliphatic carbocycles. The van der Waals surface area contributed by atoms with Crippen LogP contribution in [-0.2, 0) is 33.5 Å². The van der Waals surface area contributed by atoms with Crippen molar-refractivity contribution in [1.29, 1.82) is 0 Å². The summed E-state index contributed by atoms with van der Waals surface area (Å²) in [5.41, 5.74) is 6.20. The molecule has 4 aromatic rings. The molecule has 0 spiro atoms. The van der Waals surface area contributed by atoms with Crippen molar-refractivity contribution in [2.45, 2.75) is 57.8 Å². The van der Waals surface area contributed by atoms with Gasteiger partial charge in [0.1, 0.15) is 0 Å². The summed E-state index contributed by atoms with van der Waals surface area (Å²) < 4.78 is 14.8. The van der Waals surface area contributed by atoms with Gasteiger partial charge >= 0.3 is 56.6 Å². The van der Waals surface area contributed by atoms with Gasteiger partial charge in [-0.15, -0.1) is 17.2 Å². The molecular formula is C39H45Li3O6. The Labute approximate surface area is 323 Å². The SMILES string of the molecule is C1CCOC1.C1CCOC1.C1CCOC1.[Li+].[Li+].[Li+].[O-]c1cccc(Cc2cc(Cc3cccc([O-])c3)cc(Cc3cccc([O-])c3)c2)c1. The van der Waals surface area contributed by atoms with Gasteiger partial charge < -0.3 is 29.5 Å². The van der Waals surface area contributed by atoms with Gasteiger partial charge in [0.05, 0.1) is 0 Å². The van der Waals surface area contributed by atoms with Crippen LogP contribution in [0.25, 0.3) is 0 Å². The molecule has 6 nitrogen and oxygen atoms in total. The van der Waals surface area contributed by atoms with E-state index in [-0.39, 0.29) is 73.8 Å². The fourth-order valence-corrected chi connectivity index (χ4v) is 5.35. The molecule has 0 unspecified atom stereocenters. The molecule has 0 N–H and O–H groups in total. The van der Waals surface area contributed by atoms with Crippen LogP contribution in [0.3, 0.4) is 0 Å². The van der Waals surface area contributed by atoms with Gasteiger partial charge in [0.2, 0.25) is 0 Å². The van der Waals surface area contributed by atoms with E-state index in [2.05, 4.69) is 18.2 Å². The molecule has 3 heterocycles. The molecule has 3 aliphatic rings. The third-order valence-electron chi connectivity index (χ3n) is 7.51. The van der Waals surface area contributed by atoms with Crippen LogP contribution in [0, 0.1) is 0 Å². The first-order chi connectivity index (χ1) is 22.0. The van der Waals surface area contributed by atoms with E-state index >= 15 is 0 Å². The van der Waals surface area contributed by atoms with Gasteiger partial charge in [-0.1, -0.05) is 91.0 Å². The van der Waals surface area contributed by atoms with Crippen molar-refractivity contribution in [3.8, 4) is 17.2 Å². The van der Waals surface area contributed by atoms with Crippen molar-refractivity contribution in [1.82, 2.24) is 0 Å². The number of benzene rings is 4. The Balaban J connectivity index is 0.000000524. The summed E-state index contributed by atoms with van der Waals surface area (Å²) in [5, 5.41) is 35.1. The summed E-state index contributed by atoms with van der Waals surface area (Å²) >= 11 is 0. The second-order valence-corrected chi connectivity index (χ2v) is 11.6. The molecule has 7 rings (SSSR count). The average Bonchev–Trinajstić information content (AvgIpc) is 3.85. The monoisotopic (exact) mass is 630 g/mol. The first-order valence-electron chi connectivity index (χ1n) is 16.2. The van der Waals surface area contributed by atoms with E-state index < -0.39 is 0 Å². The van der Waals surface area contributed by atoms with E-state index in [9.17, 15) is 15.3 Å². The molecule has 3 aliphatic heterocycles. The quantitative estimate of drug-likeness (QED) is 0.212. The van der Waals surface area contributed by atoms with Crippen LogP contribution in [-0.4, -0.2) is 39.6 Å². The fraction of sp³-hybridized carbons (Fsp3) is 0.385. The van der Waals surface area contributed by atoms with Crippen LogP contribution in [0.1, 0.15) is 71.9 Å². The van der Waals surface area contributed by atoms with Crippen molar-refractivity contribution in [3.63, 3.8) is 0 Å². The molecular weight excluding hydrogens is 585 g/mol. The van der Waals surface area contributed by atoms with Gasteiger partial charge in [0.25, 0.3) is 0 Å². The number of hydrogen-bond donors (Lipinski definition) is 0. The topological polar surface area (TPSA) is 96.9 Å². The Hall–Kier alpha value is -2.05. The first kappa shape index (κ1) is 44.0. The van der Waals surface area contributed by atoms with E-state index in [1.54, 1.807) is 54.6 Å². The summed E-state index contributed by atoms with van der Waals surface area (Å²) in [5.74, 6) is 0.00944. The maximum atomic E-state index is 11.7. The molecule has 0 amide bonds. The minimum absolute atomic E-state index is 0. The summed E-state index contributed by atoms with van der Waals surface area (Å²) in [6.45, 7) is 6.00. The van der Waals surface area contributed by atoms with Gasteiger partial charge in [0.15, 0.2) is 0 Å².